The molecular weight excluding hydrogens is 266 g/mol. The van der Waals surface area contributed by atoms with Crippen molar-refractivity contribution in [3.8, 4) is 11.5 Å². The molecule has 1 unspecified atom stereocenters. The molecule has 2 rings (SSSR count). The lowest BCUT2D eigenvalue weighted by atomic mass is 10.0. The van der Waals surface area contributed by atoms with Crippen molar-refractivity contribution in [2.45, 2.75) is 31.2 Å². The number of hydrogen-bond acceptors (Lipinski definition) is 3. The summed E-state index contributed by atoms with van der Waals surface area (Å²) in [5, 5.41) is 0. The van der Waals surface area contributed by atoms with Crippen molar-refractivity contribution in [2.24, 2.45) is 5.73 Å². The summed E-state index contributed by atoms with van der Waals surface area (Å²) in [6.45, 7) is 4.10. The van der Waals surface area contributed by atoms with Gasteiger partial charge in [-0.2, -0.15) is 0 Å². The predicted molar refractivity (Wildman–Crippen MR) is 86.8 cm³/mol. The van der Waals surface area contributed by atoms with Gasteiger partial charge in [-0.05, 0) is 62.4 Å². The second-order valence-electron chi connectivity index (χ2n) is 5.07. The summed E-state index contributed by atoms with van der Waals surface area (Å²) in [4.78, 5) is 1.23. The topological polar surface area (TPSA) is 35.2 Å². The molecule has 20 heavy (non-hydrogen) atoms. The highest BCUT2D eigenvalue weighted by Gasteiger charge is 2.08. The minimum Gasteiger partial charge on any atom is -0.457 e. The third kappa shape index (κ3) is 4.02. The SMILES string of the molecule is CSc1ccc(Oc2ccc(C)cc2CC(C)N)cc1. The maximum atomic E-state index is 6.00. The zero-order chi connectivity index (χ0) is 14.5. The van der Waals surface area contributed by atoms with Crippen molar-refractivity contribution < 1.29 is 4.74 Å². The van der Waals surface area contributed by atoms with E-state index >= 15 is 0 Å². The summed E-state index contributed by atoms with van der Waals surface area (Å²) in [6, 6.07) is 14.5. The Morgan fingerprint density at radius 1 is 1.15 bits per heavy atom. The second kappa shape index (κ2) is 6.82. The highest BCUT2D eigenvalue weighted by molar-refractivity contribution is 7.98. The Morgan fingerprint density at radius 2 is 1.85 bits per heavy atom. The first kappa shape index (κ1) is 14.9. The fourth-order valence-corrected chi connectivity index (χ4v) is 2.49. The summed E-state index contributed by atoms with van der Waals surface area (Å²) in [5.41, 5.74) is 8.30. The molecule has 0 saturated heterocycles. The van der Waals surface area contributed by atoms with Crippen LogP contribution in [-0.2, 0) is 6.42 Å². The summed E-state index contributed by atoms with van der Waals surface area (Å²) < 4.78 is 6.00. The van der Waals surface area contributed by atoms with Crippen molar-refractivity contribution in [2.75, 3.05) is 6.26 Å². The number of ether oxygens (including phenoxy) is 1. The third-order valence-electron chi connectivity index (χ3n) is 3.05. The Bertz CT molecular complexity index is 564. The van der Waals surface area contributed by atoms with E-state index in [-0.39, 0.29) is 6.04 Å². The molecule has 3 heteroatoms. The molecule has 0 aliphatic heterocycles. The van der Waals surface area contributed by atoms with Gasteiger partial charge in [0.2, 0.25) is 0 Å². The first-order valence-corrected chi connectivity index (χ1v) is 7.98. The molecule has 0 radical (unpaired) electrons. The van der Waals surface area contributed by atoms with E-state index in [0.717, 1.165) is 23.5 Å². The number of hydrogen-bond donors (Lipinski definition) is 1. The zero-order valence-corrected chi connectivity index (χ0v) is 13.0. The van der Waals surface area contributed by atoms with Gasteiger partial charge < -0.3 is 10.5 Å². The maximum absolute atomic E-state index is 6.00. The molecule has 1 atom stereocenters. The van der Waals surface area contributed by atoms with Crippen molar-refractivity contribution >= 4 is 11.8 Å². The van der Waals surface area contributed by atoms with Crippen LogP contribution in [-0.4, -0.2) is 12.3 Å². The van der Waals surface area contributed by atoms with Gasteiger partial charge in [0.15, 0.2) is 0 Å². The molecule has 0 saturated carbocycles. The Hall–Kier alpha value is -1.45. The average Bonchev–Trinajstić information content (AvgIpc) is 2.42. The molecule has 0 fully saturated rings. The van der Waals surface area contributed by atoms with Crippen LogP contribution in [0.4, 0.5) is 0 Å². The molecule has 0 amide bonds. The Labute approximate surface area is 125 Å². The fraction of sp³-hybridized carbons (Fsp3) is 0.294. The highest BCUT2D eigenvalue weighted by Crippen LogP contribution is 2.28. The lowest BCUT2D eigenvalue weighted by Crippen LogP contribution is -2.18. The van der Waals surface area contributed by atoms with Crippen LogP contribution in [0.3, 0.4) is 0 Å². The van der Waals surface area contributed by atoms with Gasteiger partial charge in [-0.3, -0.25) is 0 Å². The zero-order valence-electron chi connectivity index (χ0n) is 12.2. The monoisotopic (exact) mass is 287 g/mol. The fourth-order valence-electron chi connectivity index (χ4n) is 2.08. The number of benzene rings is 2. The van der Waals surface area contributed by atoms with Crippen LogP contribution >= 0.6 is 11.8 Å². The summed E-state index contributed by atoms with van der Waals surface area (Å²) in [5.74, 6) is 1.75. The molecule has 2 aromatic rings. The van der Waals surface area contributed by atoms with Gasteiger partial charge in [0.1, 0.15) is 11.5 Å². The van der Waals surface area contributed by atoms with Gasteiger partial charge in [0.05, 0.1) is 0 Å². The quantitative estimate of drug-likeness (QED) is 0.828. The Kier molecular flexibility index (Phi) is 5.10. The first-order valence-electron chi connectivity index (χ1n) is 6.75. The van der Waals surface area contributed by atoms with E-state index in [9.17, 15) is 0 Å². The van der Waals surface area contributed by atoms with E-state index < -0.39 is 0 Å². The molecule has 0 spiro atoms. The van der Waals surface area contributed by atoms with E-state index in [1.54, 1.807) is 11.8 Å². The molecule has 106 valence electrons. The molecule has 0 bridgehead atoms. The normalized spacial score (nSPS) is 12.2. The molecule has 2 aromatic carbocycles. The van der Waals surface area contributed by atoms with Gasteiger partial charge in [-0.1, -0.05) is 17.7 Å². The smallest absolute Gasteiger partial charge is 0.130 e. The number of thioether (sulfide) groups is 1. The third-order valence-corrected chi connectivity index (χ3v) is 3.79. The Morgan fingerprint density at radius 3 is 2.45 bits per heavy atom. The van der Waals surface area contributed by atoms with Gasteiger partial charge in [0, 0.05) is 10.9 Å². The van der Waals surface area contributed by atoms with Crippen LogP contribution < -0.4 is 10.5 Å². The van der Waals surface area contributed by atoms with Crippen LogP contribution in [0, 0.1) is 6.92 Å². The van der Waals surface area contributed by atoms with Crippen LogP contribution in [0.5, 0.6) is 11.5 Å². The van der Waals surface area contributed by atoms with Gasteiger partial charge in [-0.25, -0.2) is 0 Å². The average molecular weight is 287 g/mol. The molecule has 0 aromatic heterocycles. The summed E-state index contributed by atoms with van der Waals surface area (Å²) in [6.07, 6.45) is 2.89. The summed E-state index contributed by atoms with van der Waals surface area (Å²) in [7, 11) is 0. The molecule has 0 aliphatic rings. The van der Waals surface area contributed by atoms with E-state index in [4.69, 9.17) is 10.5 Å². The van der Waals surface area contributed by atoms with E-state index in [0.29, 0.717) is 0 Å². The lowest BCUT2D eigenvalue weighted by Gasteiger charge is -2.14. The minimum atomic E-state index is 0.123. The van der Waals surface area contributed by atoms with Gasteiger partial charge in [-0.15, -0.1) is 11.8 Å². The van der Waals surface area contributed by atoms with Crippen molar-refractivity contribution in [3.05, 3.63) is 53.6 Å². The number of rotatable bonds is 5. The molecule has 0 heterocycles. The molecule has 0 aliphatic carbocycles. The van der Waals surface area contributed by atoms with Gasteiger partial charge in [0.25, 0.3) is 0 Å². The van der Waals surface area contributed by atoms with Crippen molar-refractivity contribution in [1.29, 1.82) is 0 Å². The highest BCUT2D eigenvalue weighted by atomic mass is 32.2. The summed E-state index contributed by atoms with van der Waals surface area (Å²) >= 11 is 1.73. The van der Waals surface area contributed by atoms with Crippen molar-refractivity contribution in [3.63, 3.8) is 0 Å². The second-order valence-corrected chi connectivity index (χ2v) is 5.95. The van der Waals surface area contributed by atoms with Crippen LogP contribution in [0.1, 0.15) is 18.1 Å². The van der Waals surface area contributed by atoms with Crippen LogP contribution in [0.25, 0.3) is 0 Å². The minimum absolute atomic E-state index is 0.123. The lowest BCUT2D eigenvalue weighted by molar-refractivity contribution is 0.473. The van der Waals surface area contributed by atoms with E-state index in [1.165, 1.54) is 10.5 Å². The maximum Gasteiger partial charge on any atom is 0.130 e. The van der Waals surface area contributed by atoms with Crippen LogP contribution in [0.2, 0.25) is 0 Å². The van der Waals surface area contributed by atoms with E-state index in [2.05, 4.69) is 37.4 Å². The first-order chi connectivity index (χ1) is 9.58. The molecule has 2 nitrogen and oxygen atoms in total. The number of nitrogens with two attached hydrogens (primary N) is 1. The standard InChI is InChI=1S/C17H21NOS/c1-12-4-9-17(14(10-12)11-13(2)18)19-15-5-7-16(20-3)8-6-15/h4-10,13H,11,18H2,1-3H3. The van der Waals surface area contributed by atoms with Crippen LogP contribution in [0.15, 0.2) is 47.4 Å². The van der Waals surface area contributed by atoms with E-state index in [1.807, 2.05) is 25.1 Å². The predicted octanol–water partition coefficient (Wildman–Crippen LogP) is 4.40. The Balaban J connectivity index is 2.22. The molecule has 2 N–H and O–H groups in total. The number of aryl methyl sites for hydroxylation is 1. The largest absolute Gasteiger partial charge is 0.457 e. The van der Waals surface area contributed by atoms with Crippen molar-refractivity contribution in [1.82, 2.24) is 0 Å². The van der Waals surface area contributed by atoms with Gasteiger partial charge >= 0.3 is 0 Å². The molecular formula is C17H21NOS.